The van der Waals surface area contributed by atoms with Crippen molar-refractivity contribution in [3.8, 4) is 5.75 Å². The van der Waals surface area contributed by atoms with Crippen LogP contribution in [0.1, 0.15) is 36.1 Å². The molecule has 1 atom stereocenters. The Morgan fingerprint density at radius 2 is 1.69 bits per heavy atom. The van der Waals surface area contributed by atoms with Crippen LogP contribution in [-0.2, 0) is 20.0 Å². The molecule has 3 aromatic rings. The SMILES string of the molecule is CCS(=O)(=O)Nc1cccc(C2=NN(S(=O)(=O)c3ccc(OC)cc3)C(c3ccc(C)cc3)C2)c1. The topological polar surface area (TPSA) is 105 Å². The number of methoxy groups -OCH3 is 1. The summed E-state index contributed by atoms with van der Waals surface area (Å²) in [4.78, 5) is 0.102. The minimum absolute atomic E-state index is 0.0540. The Morgan fingerprint density at radius 3 is 2.31 bits per heavy atom. The zero-order chi connectivity index (χ0) is 25.2. The maximum absolute atomic E-state index is 13.6. The van der Waals surface area contributed by atoms with Crippen molar-refractivity contribution in [2.75, 3.05) is 17.6 Å². The fourth-order valence-electron chi connectivity index (χ4n) is 3.79. The molecule has 0 fully saturated rings. The third kappa shape index (κ3) is 5.33. The molecular weight excluding hydrogens is 486 g/mol. The van der Waals surface area contributed by atoms with Crippen molar-refractivity contribution in [3.05, 3.63) is 89.5 Å². The van der Waals surface area contributed by atoms with Gasteiger partial charge < -0.3 is 4.74 Å². The molecule has 1 aliphatic heterocycles. The smallest absolute Gasteiger partial charge is 0.279 e. The van der Waals surface area contributed by atoms with Crippen LogP contribution < -0.4 is 9.46 Å². The number of hydrazone groups is 1. The zero-order valence-electron chi connectivity index (χ0n) is 19.7. The maximum Gasteiger partial charge on any atom is 0.279 e. The van der Waals surface area contributed by atoms with Gasteiger partial charge in [-0.1, -0.05) is 42.0 Å². The van der Waals surface area contributed by atoms with E-state index in [0.717, 1.165) is 15.5 Å². The third-order valence-corrected chi connectivity index (χ3v) is 8.79. The molecule has 0 spiro atoms. The third-order valence-electron chi connectivity index (χ3n) is 5.79. The fourth-order valence-corrected chi connectivity index (χ4v) is 5.85. The molecule has 1 unspecified atom stereocenters. The summed E-state index contributed by atoms with van der Waals surface area (Å²) in [5.41, 5.74) is 3.47. The van der Waals surface area contributed by atoms with Gasteiger partial charge in [-0.25, -0.2) is 8.42 Å². The number of nitrogens with zero attached hydrogens (tertiary/aromatic N) is 2. The molecule has 4 rings (SSSR count). The van der Waals surface area contributed by atoms with E-state index in [1.165, 1.54) is 19.2 Å². The average Bonchev–Trinajstić information content (AvgIpc) is 3.31. The van der Waals surface area contributed by atoms with Crippen LogP contribution in [0.15, 0.2) is 82.8 Å². The van der Waals surface area contributed by atoms with Crippen LogP contribution in [0.4, 0.5) is 5.69 Å². The molecule has 0 aromatic heterocycles. The lowest BCUT2D eigenvalue weighted by Gasteiger charge is -2.23. The number of rotatable bonds is 8. The van der Waals surface area contributed by atoms with E-state index in [0.29, 0.717) is 29.1 Å². The van der Waals surface area contributed by atoms with Crippen LogP contribution in [0, 0.1) is 6.92 Å². The quantitative estimate of drug-likeness (QED) is 0.483. The standard InChI is InChI=1S/C25H27N3O5S2/c1-4-34(29,30)27-21-7-5-6-20(16-21)24-17-25(19-10-8-18(2)9-11-19)28(26-24)35(31,32)23-14-12-22(33-3)13-15-23/h5-16,25,27H,4,17H2,1-3H3. The summed E-state index contributed by atoms with van der Waals surface area (Å²) in [6, 6.07) is 20.1. The van der Waals surface area contributed by atoms with Gasteiger partial charge in [-0.2, -0.15) is 17.9 Å². The number of sulfonamides is 2. The van der Waals surface area contributed by atoms with E-state index in [-0.39, 0.29) is 10.6 Å². The van der Waals surface area contributed by atoms with Gasteiger partial charge in [0.25, 0.3) is 10.0 Å². The van der Waals surface area contributed by atoms with E-state index in [1.54, 1.807) is 43.3 Å². The minimum atomic E-state index is -3.98. The first kappa shape index (κ1) is 24.7. The van der Waals surface area contributed by atoms with E-state index >= 15 is 0 Å². The van der Waals surface area contributed by atoms with Crippen LogP contribution in [-0.4, -0.2) is 39.8 Å². The van der Waals surface area contributed by atoms with Gasteiger partial charge >= 0.3 is 0 Å². The van der Waals surface area contributed by atoms with Crippen molar-refractivity contribution >= 4 is 31.4 Å². The van der Waals surface area contributed by atoms with Gasteiger partial charge in [-0.15, -0.1) is 0 Å². The highest BCUT2D eigenvalue weighted by molar-refractivity contribution is 7.92. The lowest BCUT2D eigenvalue weighted by molar-refractivity contribution is 0.371. The summed E-state index contributed by atoms with van der Waals surface area (Å²) in [6.07, 6.45) is 0.336. The number of hydrogen-bond acceptors (Lipinski definition) is 6. The Morgan fingerprint density at radius 1 is 1.00 bits per heavy atom. The lowest BCUT2D eigenvalue weighted by Crippen LogP contribution is -2.27. The number of ether oxygens (including phenoxy) is 1. The summed E-state index contributed by atoms with van der Waals surface area (Å²) in [5, 5.41) is 4.54. The van der Waals surface area contributed by atoms with E-state index in [9.17, 15) is 16.8 Å². The van der Waals surface area contributed by atoms with Crippen LogP contribution in [0.25, 0.3) is 0 Å². The molecule has 3 aromatic carbocycles. The molecule has 0 saturated carbocycles. The van der Waals surface area contributed by atoms with Gasteiger partial charge in [0.2, 0.25) is 10.0 Å². The summed E-state index contributed by atoms with van der Waals surface area (Å²) < 4.78 is 60.1. The normalized spacial score (nSPS) is 16.1. The zero-order valence-corrected chi connectivity index (χ0v) is 21.3. The fraction of sp³-hybridized carbons (Fsp3) is 0.240. The first-order valence-electron chi connectivity index (χ1n) is 11.1. The van der Waals surface area contributed by atoms with E-state index < -0.39 is 26.1 Å². The van der Waals surface area contributed by atoms with E-state index in [2.05, 4.69) is 9.82 Å². The highest BCUT2D eigenvalue weighted by atomic mass is 32.2. The highest BCUT2D eigenvalue weighted by Crippen LogP contribution is 2.37. The molecule has 0 radical (unpaired) electrons. The first-order chi connectivity index (χ1) is 16.6. The number of anilines is 1. The molecule has 10 heteroatoms. The largest absolute Gasteiger partial charge is 0.497 e. The van der Waals surface area contributed by atoms with Gasteiger partial charge in [-0.3, -0.25) is 4.72 Å². The monoisotopic (exact) mass is 513 g/mol. The van der Waals surface area contributed by atoms with Gasteiger partial charge in [0.05, 0.1) is 29.5 Å². The van der Waals surface area contributed by atoms with Crippen LogP contribution in [0.2, 0.25) is 0 Å². The summed E-state index contributed by atoms with van der Waals surface area (Å²) in [6.45, 7) is 3.52. The molecule has 0 bridgehead atoms. The van der Waals surface area contributed by atoms with Crippen LogP contribution >= 0.6 is 0 Å². The van der Waals surface area contributed by atoms with Crippen molar-refractivity contribution in [1.29, 1.82) is 0 Å². The van der Waals surface area contributed by atoms with E-state index in [1.807, 2.05) is 31.2 Å². The molecule has 0 amide bonds. The van der Waals surface area contributed by atoms with Gasteiger partial charge in [-0.05, 0) is 61.4 Å². The second-order valence-corrected chi connectivity index (χ2v) is 12.0. The van der Waals surface area contributed by atoms with Crippen molar-refractivity contribution in [2.45, 2.75) is 31.2 Å². The summed E-state index contributed by atoms with van der Waals surface area (Å²) >= 11 is 0. The number of nitrogens with one attached hydrogen (secondary N) is 1. The number of hydrogen-bond donors (Lipinski definition) is 1. The highest BCUT2D eigenvalue weighted by Gasteiger charge is 2.37. The molecule has 1 aliphatic rings. The first-order valence-corrected chi connectivity index (χ1v) is 14.2. The van der Waals surface area contributed by atoms with Gasteiger partial charge in [0, 0.05) is 12.1 Å². The van der Waals surface area contributed by atoms with E-state index in [4.69, 9.17) is 4.74 Å². The molecule has 1 heterocycles. The Balaban J connectivity index is 1.76. The Bertz CT molecular complexity index is 1450. The van der Waals surface area contributed by atoms with Crippen molar-refractivity contribution in [2.24, 2.45) is 5.10 Å². The average molecular weight is 514 g/mol. The molecular formula is C25H27N3O5S2. The van der Waals surface area contributed by atoms with Gasteiger partial charge in [0.15, 0.2) is 0 Å². The maximum atomic E-state index is 13.6. The Kier molecular flexibility index (Phi) is 6.86. The van der Waals surface area contributed by atoms with Crippen molar-refractivity contribution in [1.82, 2.24) is 4.41 Å². The molecule has 8 nitrogen and oxygen atoms in total. The van der Waals surface area contributed by atoms with Crippen molar-refractivity contribution < 1.29 is 21.6 Å². The molecule has 0 aliphatic carbocycles. The van der Waals surface area contributed by atoms with Gasteiger partial charge in [0.1, 0.15) is 5.75 Å². The second-order valence-electron chi connectivity index (χ2n) is 8.22. The predicted octanol–water partition coefficient (Wildman–Crippen LogP) is 4.31. The number of aryl methyl sites for hydroxylation is 1. The minimum Gasteiger partial charge on any atom is -0.497 e. The predicted molar refractivity (Wildman–Crippen MR) is 137 cm³/mol. The van der Waals surface area contributed by atoms with Crippen molar-refractivity contribution in [3.63, 3.8) is 0 Å². The lowest BCUT2D eigenvalue weighted by atomic mass is 9.98. The molecule has 1 N–H and O–H groups in total. The van der Waals surface area contributed by atoms with Crippen LogP contribution in [0.5, 0.6) is 5.75 Å². The second kappa shape index (κ2) is 9.71. The summed E-state index contributed by atoms with van der Waals surface area (Å²) in [5.74, 6) is 0.498. The molecule has 35 heavy (non-hydrogen) atoms. The molecule has 184 valence electrons. The Hall–Kier alpha value is -3.37. The van der Waals surface area contributed by atoms with Crippen LogP contribution in [0.3, 0.4) is 0 Å². The number of benzene rings is 3. The Labute approximate surface area is 206 Å². The molecule has 0 saturated heterocycles. The summed E-state index contributed by atoms with van der Waals surface area (Å²) in [7, 11) is -5.91.